The second-order valence-corrected chi connectivity index (χ2v) is 3.76. The molecule has 0 atom stereocenters. The maximum absolute atomic E-state index is 11.6. The third-order valence-corrected chi connectivity index (χ3v) is 2.48. The van der Waals surface area contributed by atoms with Crippen molar-refractivity contribution >= 4 is 22.3 Å². The van der Waals surface area contributed by atoms with Crippen LogP contribution >= 0.6 is 11.3 Å². The Bertz CT molecular complexity index is 468. The lowest BCUT2D eigenvalue weighted by Crippen LogP contribution is -2.06. The number of anilines is 1. The number of nitrogen functional groups attached to an aromatic ring is 1. The quantitative estimate of drug-likeness (QED) is 0.778. The van der Waals surface area contributed by atoms with Gasteiger partial charge in [0.15, 0.2) is 10.9 Å². The van der Waals surface area contributed by atoms with Gasteiger partial charge in [0, 0.05) is 17.8 Å². The van der Waals surface area contributed by atoms with E-state index in [4.69, 9.17) is 5.73 Å². The van der Waals surface area contributed by atoms with Crippen molar-refractivity contribution in [2.45, 2.75) is 6.42 Å². The van der Waals surface area contributed by atoms with E-state index < -0.39 is 0 Å². The van der Waals surface area contributed by atoms with Gasteiger partial charge < -0.3 is 5.73 Å². The molecule has 0 fully saturated rings. The van der Waals surface area contributed by atoms with E-state index >= 15 is 0 Å². The van der Waals surface area contributed by atoms with Crippen LogP contribution in [0.15, 0.2) is 24.0 Å². The van der Waals surface area contributed by atoms with E-state index in [0.29, 0.717) is 16.5 Å². The second-order valence-electron chi connectivity index (χ2n) is 2.87. The minimum absolute atomic E-state index is 0.103. The Balaban J connectivity index is 2.11. The van der Waals surface area contributed by atoms with Crippen LogP contribution in [0, 0.1) is 0 Å². The fraction of sp³-hybridized carbons (Fsp3) is 0.111. The number of hydrogen-bond donors (Lipinski definition) is 1. The minimum atomic E-state index is -0.103. The fourth-order valence-electron chi connectivity index (χ4n) is 1.10. The SMILES string of the molecule is Nc1nc(CC(=O)c2cnccn2)cs1. The lowest BCUT2D eigenvalue weighted by molar-refractivity contribution is 0.0987. The van der Waals surface area contributed by atoms with E-state index in [-0.39, 0.29) is 12.2 Å². The molecule has 0 aliphatic carbocycles. The molecule has 0 aliphatic heterocycles. The molecule has 2 aromatic rings. The van der Waals surface area contributed by atoms with Crippen LogP contribution in [0.5, 0.6) is 0 Å². The van der Waals surface area contributed by atoms with Crippen molar-refractivity contribution in [3.05, 3.63) is 35.4 Å². The van der Waals surface area contributed by atoms with E-state index in [1.807, 2.05) is 0 Å². The van der Waals surface area contributed by atoms with E-state index in [2.05, 4.69) is 15.0 Å². The van der Waals surface area contributed by atoms with Crippen LogP contribution in [0.4, 0.5) is 5.13 Å². The molecule has 15 heavy (non-hydrogen) atoms. The highest BCUT2D eigenvalue weighted by molar-refractivity contribution is 7.13. The normalized spacial score (nSPS) is 10.1. The van der Waals surface area contributed by atoms with E-state index in [1.54, 1.807) is 5.38 Å². The van der Waals surface area contributed by atoms with E-state index in [9.17, 15) is 4.79 Å². The summed E-state index contributed by atoms with van der Waals surface area (Å²) in [6, 6.07) is 0. The zero-order valence-corrected chi connectivity index (χ0v) is 8.57. The summed E-state index contributed by atoms with van der Waals surface area (Å²) in [6.07, 6.45) is 4.67. The van der Waals surface area contributed by atoms with Crippen molar-refractivity contribution < 1.29 is 4.79 Å². The number of carbonyl (C=O) groups is 1. The molecule has 2 heterocycles. The van der Waals surface area contributed by atoms with Gasteiger partial charge in [0.1, 0.15) is 5.69 Å². The average molecular weight is 220 g/mol. The highest BCUT2D eigenvalue weighted by Gasteiger charge is 2.10. The lowest BCUT2D eigenvalue weighted by atomic mass is 10.2. The number of Topliss-reactive ketones (excluding diaryl/α,β-unsaturated/α-hetero) is 1. The summed E-state index contributed by atoms with van der Waals surface area (Å²) in [5.41, 5.74) is 6.49. The standard InChI is InChI=1S/C9H8N4OS/c10-9-13-6(5-15-9)3-8(14)7-4-11-1-2-12-7/h1-2,4-5H,3H2,(H2,10,13). The second kappa shape index (κ2) is 4.14. The monoisotopic (exact) mass is 220 g/mol. The highest BCUT2D eigenvalue weighted by atomic mass is 32.1. The van der Waals surface area contributed by atoms with Crippen molar-refractivity contribution in [3.8, 4) is 0 Å². The van der Waals surface area contributed by atoms with Gasteiger partial charge in [-0.05, 0) is 0 Å². The summed E-state index contributed by atoms with van der Waals surface area (Å²) in [4.78, 5) is 23.4. The predicted octanol–water partition coefficient (Wildman–Crippen LogP) is 0.941. The third-order valence-electron chi connectivity index (χ3n) is 1.76. The average Bonchev–Trinajstić information content (AvgIpc) is 2.65. The molecule has 0 radical (unpaired) electrons. The lowest BCUT2D eigenvalue weighted by Gasteiger charge is -1.95. The van der Waals surface area contributed by atoms with Crippen LogP contribution in [0.2, 0.25) is 0 Å². The molecule has 2 rings (SSSR count). The zero-order valence-electron chi connectivity index (χ0n) is 7.75. The number of aromatic nitrogens is 3. The first-order chi connectivity index (χ1) is 7.25. The Morgan fingerprint density at radius 3 is 2.93 bits per heavy atom. The largest absolute Gasteiger partial charge is 0.375 e. The summed E-state index contributed by atoms with van der Waals surface area (Å²) in [7, 11) is 0. The molecule has 2 N–H and O–H groups in total. The third kappa shape index (κ3) is 2.35. The minimum Gasteiger partial charge on any atom is -0.375 e. The smallest absolute Gasteiger partial charge is 0.188 e. The number of ketones is 1. The molecule has 0 spiro atoms. The van der Waals surface area contributed by atoms with Gasteiger partial charge in [0.2, 0.25) is 0 Å². The van der Waals surface area contributed by atoms with Gasteiger partial charge in [-0.1, -0.05) is 0 Å². The molecular formula is C9H8N4OS. The maximum atomic E-state index is 11.6. The molecule has 0 saturated heterocycles. The topological polar surface area (TPSA) is 81.8 Å². The Hall–Kier alpha value is -1.82. The molecule has 0 aliphatic rings. The predicted molar refractivity (Wildman–Crippen MR) is 56.6 cm³/mol. The molecular weight excluding hydrogens is 212 g/mol. The van der Waals surface area contributed by atoms with Gasteiger partial charge in [0.05, 0.1) is 18.3 Å². The van der Waals surface area contributed by atoms with Crippen molar-refractivity contribution in [2.75, 3.05) is 5.73 Å². The Morgan fingerprint density at radius 2 is 2.33 bits per heavy atom. The molecule has 0 amide bonds. The fourth-order valence-corrected chi connectivity index (χ4v) is 1.66. The maximum Gasteiger partial charge on any atom is 0.188 e. The Labute approximate surface area is 90.0 Å². The van der Waals surface area contributed by atoms with Crippen LogP contribution in [-0.4, -0.2) is 20.7 Å². The molecule has 0 saturated carbocycles. The molecule has 6 heteroatoms. The Morgan fingerprint density at radius 1 is 1.47 bits per heavy atom. The van der Waals surface area contributed by atoms with Crippen molar-refractivity contribution in [1.82, 2.24) is 15.0 Å². The molecule has 0 unspecified atom stereocenters. The van der Waals surface area contributed by atoms with Crippen molar-refractivity contribution in [2.24, 2.45) is 0 Å². The first-order valence-corrected chi connectivity index (χ1v) is 5.13. The number of carbonyl (C=O) groups excluding carboxylic acids is 1. The van der Waals surface area contributed by atoms with E-state index in [1.165, 1.54) is 29.9 Å². The first-order valence-electron chi connectivity index (χ1n) is 4.25. The molecule has 0 bridgehead atoms. The van der Waals surface area contributed by atoms with Crippen LogP contribution in [0.25, 0.3) is 0 Å². The number of nitrogens with two attached hydrogens (primary N) is 1. The van der Waals surface area contributed by atoms with E-state index in [0.717, 1.165) is 0 Å². The summed E-state index contributed by atoms with van der Waals surface area (Å²) in [5.74, 6) is -0.103. The van der Waals surface area contributed by atoms with Crippen molar-refractivity contribution in [1.29, 1.82) is 0 Å². The van der Waals surface area contributed by atoms with Crippen LogP contribution in [0.3, 0.4) is 0 Å². The van der Waals surface area contributed by atoms with Gasteiger partial charge in [-0.15, -0.1) is 11.3 Å². The van der Waals surface area contributed by atoms with Crippen LogP contribution in [0.1, 0.15) is 16.2 Å². The van der Waals surface area contributed by atoms with Crippen LogP contribution < -0.4 is 5.73 Å². The summed E-state index contributed by atoms with van der Waals surface area (Å²) in [5, 5.41) is 2.24. The molecule has 76 valence electrons. The zero-order chi connectivity index (χ0) is 10.7. The van der Waals surface area contributed by atoms with Gasteiger partial charge in [0.25, 0.3) is 0 Å². The number of nitrogens with zero attached hydrogens (tertiary/aromatic N) is 3. The summed E-state index contributed by atoms with van der Waals surface area (Å²) < 4.78 is 0. The number of rotatable bonds is 3. The molecule has 5 nitrogen and oxygen atoms in total. The summed E-state index contributed by atoms with van der Waals surface area (Å²) in [6.45, 7) is 0. The van der Waals surface area contributed by atoms with Gasteiger partial charge in [-0.2, -0.15) is 0 Å². The highest BCUT2D eigenvalue weighted by Crippen LogP contribution is 2.12. The Kier molecular flexibility index (Phi) is 2.68. The summed E-state index contributed by atoms with van der Waals surface area (Å²) >= 11 is 1.32. The number of thiazole rings is 1. The van der Waals surface area contributed by atoms with Crippen molar-refractivity contribution in [3.63, 3.8) is 0 Å². The molecule has 0 aromatic carbocycles. The number of hydrogen-bond acceptors (Lipinski definition) is 6. The van der Waals surface area contributed by atoms with Crippen LogP contribution in [-0.2, 0) is 6.42 Å². The van der Waals surface area contributed by atoms with Gasteiger partial charge in [-0.3, -0.25) is 9.78 Å². The first kappa shape index (κ1) is 9.72. The van der Waals surface area contributed by atoms with Gasteiger partial charge >= 0.3 is 0 Å². The van der Waals surface area contributed by atoms with Gasteiger partial charge in [-0.25, -0.2) is 9.97 Å². The molecule has 2 aromatic heterocycles.